The minimum absolute atomic E-state index is 0.114. The summed E-state index contributed by atoms with van der Waals surface area (Å²) in [6, 6.07) is 5.50. The molecule has 17 heavy (non-hydrogen) atoms. The van der Waals surface area contributed by atoms with Gasteiger partial charge in [-0.05, 0) is 47.5 Å². The first kappa shape index (κ1) is 14.0. The molecule has 0 spiro atoms. The number of hydrogen-bond acceptors (Lipinski definition) is 3. The molecule has 0 aliphatic rings. The van der Waals surface area contributed by atoms with Gasteiger partial charge < -0.3 is 15.6 Å². The summed E-state index contributed by atoms with van der Waals surface area (Å²) in [4.78, 5) is 10.9. The number of carboxylic acids is 1. The van der Waals surface area contributed by atoms with Crippen LogP contribution in [0.3, 0.4) is 0 Å². The summed E-state index contributed by atoms with van der Waals surface area (Å²) >= 11 is 3.36. The van der Waals surface area contributed by atoms with E-state index in [1.807, 2.05) is 12.1 Å². The van der Waals surface area contributed by atoms with Crippen molar-refractivity contribution in [2.75, 3.05) is 6.61 Å². The molecule has 1 aromatic carbocycles. The summed E-state index contributed by atoms with van der Waals surface area (Å²) in [6.07, 6.45) is 0. The van der Waals surface area contributed by atoms with Gasteiger partial charge in [0.05, 0.1) is 9.89 Å². The quantitative estimate of drug-likeness (QED) is 0.876. The van der Waals surface area contributed by atoms with E-state index in [9.17, 15) is 4.79 Å². The molecule has 0 atom stereocenters. The van der Waals surface area contributed by atoms with Crippen LogP contribution in [0.2, 0.25) is 0 Å². The Labute approximate surface area is 109 Å². The predicted octanol–water partition coefficient (Wildman–Crippen LogP) is 2.40. The maximum absolute atomic E-state index is 10.9. The molecule has 0 saturated carbocycles. The van der Waals surface area contributed by atoms with Crippen molar-refractivity contribution < 1.29 is 14.6 Å². The highest BCUT2D eigenvalue weighted by molar-refractivity contribution is 9.10. The Morgan fingerprint density at radius 1 is 1.53 bits per heavy atom. The van der Waals surface area contributed by atoms with Gasteiger partial charge in [-0.1, -0.05) is 6.07 Å². The number of carboxylic acid groups (broad SMARTS) is 1. The van der Waals surface area contributed by atoms with Crippen molar-refractivity contribution >= 4 is 21.9 Å². The fraction of sp³-hybridized carbons (Fsp3) is 0.417. The Balaban J connectivity index is 2.73. The summed E-state index contributed by atoms with van der Waals surface area (Å²) in [5, 5.41) is 8.96. The molecular weight excluding hydrogens is 286 g/mol. The highest BCUT2D eigenvalue weighted by atomic mass is 79.9. The third-order valence-electron chi connectivity index (χ3n) is 2.40. The lowest BCUT2D eigenvalue weighted by atomic mass is 9.95. The van der Waals surface area contributed by atoms with Crippen LogP contribution in [0.25, 0.3) is 0 Å². The third kappa shape index (κ3) is 3.71. The van der Waals surface area contributed by atoms with E-state index in [-0.39, 0.29) is 6.61 Å². The number of rotatable bonds is 5. The van der Waals surface area contributed by atoms with Gasteiger partial charge in [0, 0.05) is 6.54 Å². The molecule has 1 aromatic rings. The van der Waals surface area contributed by atoms with Crippen LogP contribution in [-0.2, 0) is 11.3 Å². The third-order valence-corrected chi connectivity index (χ3v) is 3.02. The smallest absolute Gasteiger partial charge is 0.312 e. The molecule has 0 bridgehead atoms. The van der Waals surface area contributed by atoms with Crippen molar-refractivity contribution in [3.8, 4) is 5.75 Å². The van der Waals surface area contributed by atoms with E-state index in [0.29, 0.717) is 12.3 Å². The number of nitrogens with two attached hydrogens (primary N) is 1. The largest absolute Gasteiger partial charge is 0.491 e. The molecule has 94 valence electrons. The minimum Gasteiger partial charge on any atom is -0.491 e. The Morgan fingerprint density at radius 2 is 2.18 bits per heavy atom. The number of halogens is 1. The summed E-state index contributed by atoms with van der Waals surface area (Å²) in [7, 11) is 0. The van der Waals surface area contributed by atoms with Gasteiger partial charge in [-0.3, -0.25) is 4.79 Å². The molecule has 0 heterocycles. The fourth-order valence-corrected chi connectivity index (χ4v) is 1.65. The molecule has 0 amide bonds. The molecule has 5 heteroatoms. The van der Waals surface area contributed by atoms with E-state index in [0.717, 1.165) is 10.0 Å². The molecule has 0 aliphatic carbocycles. The van der Waals surface area contributed by atoms with Crippen molar-refractivity contribution in [1.82, 2.24) is 0 Å². The van der Waals surface area contributed by atoms with E-state index in [1.165, 1.54) is 0 Å². The fourth-order valence-electron chi connectivity index (χ4n) is 1.11. The number of ether oxygens (including phenoxy) is 1. The van der Waals surface area contributed by atoms with Crippen LogP contribution in [0, 0.1) is 5.41 Å². The zero-order chi connectivity index (χ0) is 13.1. The van der Waals surface area contributed by atoms with Crippen LogP contribution in [-0.4, -0.2) is 17.7 Å². The van der Waals surface area contributed by atoms with E-state index < -0.39 is 11.4 Å². The SMILES string of the molecule is CC(C)(COc1ccc(CN)cc1Br)C(=O)O. The molecule has 0 radical (unpaired) electrons. The Bertz CT molecular complexity index is 418. The average Bonchev–Trinajstić information content (AvgIpc) is 2.27. The Kier molecular flexibility index (Phi) is 4.54. The van der Waals surface area contributed by atoms with Gasteiger partial charge in [0.15, 0.2) is 0 Å². The highest BCUT2D eigenvalue weighted by Gasteiger charge is 2.28. The van der Waals surface area contributed by atoms with E-state index in [1.54, 1.807) is 19.9 Å². The molecule has 0 fully saturated rings. The van der Waals surface area contributed by atoms with E-state index in [2.05, 4.69) is 15.9 Å². The van der Waals surface area contributed by atoms with Crippen molar-refractivity contribution in [2.45, 2.75) is 20.4 Å². The van der Waals surface area contributed by atoms with Crippen LogP contribution >= 0.6 is 15.9 Å². The molecule has 0 aliphatic heterocycles. The molecule has 3 N–H and O–H groups in total. The second-order valence-corrected chi connectivity index (χ2v) is 5.30. The normalized spacial score (nSPS) is 11.3. The first-order valence-corrected chi connectivity index (χ1v) is 6.01. The van der Waals surface area contributed by atoms with Gasteiger partial charge in [-0.25, -0.2) is 0 Å². The number of aliphatic carboxylic acids is 1. The van der Waals surface area contributed by atoms with Gasteiger partial charge in [-0.2, -0.15) is 0 Å². The van der Waals surface area contributed by atoms with Crippen molar-refractivity contribution in [2.24, 2.45) is 11.1 Å². The Hall–Kier alpha value is -1.07. The summed E-state index contributed by atoms with van der Waals surface area (Å²) in [6.45, 7) is 3.82. The Morgan fingerprint density at radius 3 is 2.65 bits per heavy atom. The summed E-state index contributed by atoms with van der Waals surface area (Å²) < 4.78 is 6.27. The van der Waals surface area contributed by atoms with Crippen molar-refractivity contribution in [3.05, 3.63) is 28.2 Å². The van der Waals surface area contributed by atoms with Crippen LogP contribution in [0.5, 0.6) is 5.75 Å². The lowest BCUT2D eigenvalue weighted by Crippen LogP contribution is -2.30. The standard InChI is InChI=1S/C12H16BrNO3/c1-12(2,11(15)16)7-17-10-4-3-8(6-14)5-9(10)13/h3-5H,6-7,14H2,1-2H3,(H,15,16). The van der Waals surface area contributed by atoms with Gasteiger partial charge >= 0.3 is 5.97 Å². The van der Waals surface area contributed by atoms with Crippen LogP contribution in [0.4, 0.5) is 0 Å². The van der Waals surface area contributed by atoms with Crippen molar-refractivity contribution in [1.29, 1.82) is 0 Å². The first-order valence-electron chi connectivity index (χ1n) is 5.21. The van der Waals surface area contributed by atoms with Gasteiger partial charge in [0.2, 0.25) is 0 Å². The molecule has 1 rings (SSSR count). The topological polar surface area (TPSA) is 72.5 Å². The zero-order valence-corrected chi connectivity index (χ0v) is 11.5. The number of benzene rings is 1. The maximum Gasteiger partial charge on any atom is 0.312 e. The zero-order valence-electron chi connectivity index (χ0n) is 9.87. The minimum atomic E-state index is -0.911. The number of carbonyl (C=O) groups is 1. The van der Waals surface area contributed by atoms with E-state index >= 15 is 0 Å². The lowest BCUT2D eigenvalue weighted by molar-refractivity contribution is -0.148. The second kappa shape index (κ2) is 5.51. The molecular formula is C12H16BrNO3. The van der Waals surface area contributed by atoms with Crippen molar-refractivity contribution in [3.63, 3.8) is 0 Å². The molecule has 4 nitrogen and oxygen atoms in total. The monoisotopic (exact) mass is 301 g/mol. The highest BCUT2D eigenvalue weighted by Crippen LogP contribution is 2.28. The van der Waals surface area contributed by atoms with Crippen LogP contribution in [0.15, 0.2) is 22.7 Å². The van der Waals surface area contributed by atoms with E-state index in [4.69, 9.17) is 15.6 Å². The lowest BCUT2D eigenvalue weighted by Gasteiger charge is -2.20. The second-order valence-electron chi connectivity index (χ2n) is 4.45. The molecule has 0 unspecified atom stereocenters. The summed E-state index contributed by atoms with van der Waals surface area (Å²) in [5.41, 5.74) is 5.59. The molecule has 0 saturated heterocycles. The summed E-state index contributed by atoms with van der Waals surface area (Å²) in [5.74, 6) is -0.260. The van der Waals surface area contributed by atoms with Crippen LogP contribution < -0.4 is 10.5 Å². The number of hydrogen-bond donors (Lipinski definition) is 2. The van der Waals surface area contributed by atoms with Gasteiger partial charge in [0.1, 0.15) is 12.4 Å². The van der Waals surface area contributed by atoms with Crippen LogP contribution in [0.1, 0.15) is 19.4 Å². The van der Waals surface area contributed by atoms with Gasteiger partial charge in [-0.15, -0.1) is 0 Å². The average molecular weight is 302 g/mol. The maximum atomic E-state index is 10.9. The van der Waals surface area contributed by atoms with Gasteiger partial charge in [0.25, 0.3) is 0 Å². The molecule has 0 aromatic heterocycles. The first-order chi connectivity index (χ1) is 7.86. The predicted molar refractivity (Wildman–Crippen MR) is 68.9 cm³/mol.